The van der Waals surface area contributed by atoms with Crippen molar-refractivity contribution in [1.29, 1.82) is 0 Å². The highest BCUT2D eigenvalue weighted by molar-refractivity contribution is 4.91. The second-order valence-corrected chi connectivity index (χ2v) is 5.95. The van der Waals surface area contributed by atoms with Gasteiger partial charge in [0.05, 0.1) is 25.4 Å². The second-order valence-electron chi connectivity index (χ2n) is 5.95. The van der Waals surface area contributed by atoms with Gasteiger partial charge in [0, 0.05) is 18.9 Å². The van der Waals surface area contributed by atoms with Crippen molar-refractivity contribution in [2.75, 3.05) is 13.2 Å². The highest BCUT2D eigenvalue weighted by atomic mass is 16.7. The van der Waals surface area contributed by atoms with Gasteiger partial charge in [-0.15, -0.1) is 0 Å². The molecule has 2 aliphatic carbocycles. The van der Waals surface area contributed by atoms with Gasteiger partial charge in [-0.25, -0.2) is 0 Å². The van der Waals surface area contributed by atoms with E-state index in [4.69, 9.17) is 19.9 Å². The number of ether oxygens (including phenoxy) is 3. The normalized spacial score (nSPS) is 37.2. The van der Waals surface area contributed by atoms with Crippen molar-refractivity contribution in [2.24, 2.45) is 5.73 Å². The Hall–Kier alpha value is -0.160. The molecule has 4 heteroatoms. The minimum absolute atomic E-state index is 0.111. The van der Waals surface area contributed by atoms with Crippen molar-refractivity contribution in [3.05, 3.63) is 0 Å². The quantitative estimate of drug-likeness (QED) is 0.819. The average Bonchev–Trinajstić information content (AvgIpc) is 2.84. The van der Waals surface area contributed by atoms with E-state index in [9.17, 15) is 0 Å². The zero-order valence-electron chi connectivity index (χ0n) is 11.1. The van der Waals surface area contributed by atoms with Crippen molar-refractivity contribution in [1.82, 2.24) is 0 Å². The van der Waals surface area contributed by atoms with E-state index in [1.807, 2.05) is 0 Å². The summed E-state index contributed by atoms with van der Waals surface area (Å²) in [6.45, 7) is 1.43. The maximum Gasteiger partial charge on any atom is 0.171 e. The maximum absolute atomic E-state index is 6.25. The van der Waals surface area contributed by atoms with Crippen LogP contribution in [0, 0.1) is 0 Å². The lowest BCUT2D eigenvalue weighted by Crippen LogP contribution is -2.51. The number of rotatable bonds is 2. The van der Waals surface area contributed by atoms with E-state index in [1.54, 1.807) is 0 Å². The van der Waals surface area contributed by atoms with Crippen LogP contribution < -0.4 is 5.73 Å². The average molecular weight is 255 g/mol. The lowest BCUT2D eigenvalue weighted by Gasteiger charge is -2.41. The third-order valence-electron chi connectivity index (χ3n) is 4.58. The first-order valence-corrected chi connectivity index (χ1v) is 7.46. The van der Waals surface area contributed by atoms with E-state index in [2.05, 4.69) is 0 Å². The summed E-state index contributed by atoms with van der Waals surface area (Å²) in [5.41, 5.74) is 6.21. The van der Waals surface area contributed by atoms with Crippen LogP contribution in [0.4, 0.5) is 0 Å². The third-order valence-corrected chi connectivity index (χ3v) is 4.58. The minimum atomic E-state index is -0.380. The van der Waals surface area contributed by atoms with Crippen LogP contribution in [-0.4, -0.2) is 37.3 Å². The van der Waals surface area contributed by atoms with Gasteiger partial charge in [-0.2, -0.15) is 0 Å². The molecule has 1 aliphatic heterocycles. The van der Waals surface area contributed by atoms with Crippen molar-refractivity contribution < 1.29 is 14.2 Å². The smallest absolute Gasteiger partial charge is 0.171 e. The third kappa shape index (κ3) is 2.72. The summed E-state index contributed by atoms with van der Waals surface area (Å²) < 4.78 is 17.8. The molecule has 104 valence electrons. The molecule has 2 unspecified atom stereocenters. The van der Waals surface area contributed by atoms with Crippen molar-refractivity contribution >= 4 is 0 Å². The molecule has 1 spiro atoms. The fraction of sp³-hybridized carbons (Fsp3) is 1.00. The fourth-order valence-corrected chi connectivity index (χ4v) is 3.49. The molecule has 0 bridgehead atoms. The summed E-state index contributed by atoms with van der Waals surface area (Å²) in [4.78, 5) is 0. The molecule has 18 heavy (non-hydrogen) atoms. The summed E-state index contributed by atoms with van der Waals surface area (Å²) in [5.74, 6) is -0.380. The monoisotopic (exact) mass is 255 g/mol. The van der Waals surface area contributed by atoms with Crippen molar-refractivity contribution in [3.8, 4) is 0 Å². The molecule has 1 saturated heterocycles. The van der Waals surface area contributed by atoms with Crippen LogP contribution in [0.3, 0.4) is 0 Å². The molecule has 1 heterocycles. The van der Waals surface area contributed by atoms with E-state index in [1.165, 1.54) is 32.1 Å². The Bertz CT molecular complexity index is 272. The second kappa shape index (κ2) is 5.45. The van der Waals surface area contributed by atoms with Gasteiger partial charge in [0.15, 0.2) is 5.79 Å². The Labute approximate surface area is 109 Å². The van der Waals surface area contributed by atoms with E-state index in [0.717, 1.165) is 19.3 Å². The summed E-state index contributed by atoms with van der Waals surface area (Å²) in [6, 6.07) is 0.144. The Kier molecular flexibility index (Phi) is 3.89. The van der Waals surface area contributed by atoms with Gasteiger partial charge in [-0.1, -0.05) is 19.3 Å². The van der Waals surface area contributed by atoms with Gasteiger partial charge in [0.2, 0.25) is 0 Å². The van der Waals surface area contributed by atoms with Crippen LogP contribution in [0.25, 0.3) is 0 Å². The van der Waals surface area contributed by atoms with Crippen LogP contribution in [0.15, 0.2) is 0 Å². The molecule has 0 amide bonds. The SMILES string of the molecule is NC1CCC2(CC1OC1CCCCC1)OCCO2. The summed E-state index contributed by atoms with van der Waals surface area (Å²) >= 11 is 0. The lowest BCUT2D eigenvalue weighted by molar-refractivity contribution is -0.212. The first-order chi connectivity index (χ1) is 8.77. The Morgan fingerprint density at radius 2 is 1.72 bits per heavy atom. The maximum atomic E-state index is 6.25. The molecular formula is C14H25NO3. The molecule has 0 radical (unpaired) electrons. The van der Waals surface area contributed by atoms with Crippen LogP contribution in [-0.2, 0) is 14.2 Å². The zero-order valence-corrected chi connectivity index (χ0v) is 11.1. The van der Waals surface area contributed by atoms with Gasteiger partial charge in [0.25, 0.3) is 0 Å². The Morgan fingerprint density at radius 3 is 2.44 bits per heavy atom. The van der Waals surface area contributed by atoms with Crippen LogP contribution in [0.1, 0.15) is 51.4 Å². The van der Waals surface area contributed by atoms with Crippen molar-refractivity contribution in [2.45, 2.75) is 75.4 Å². The van der Waals surface area contributed by atoms with Gasteiger partial charge < -0.3 is 19.9 Å². The summed E-state index contributed by atoms with van der Waals surface area (Å²) in [6.07, 6.45) is 9.52. The number of hydrogen-bond donors (Lipinski definition) is 1. The molecule has 3 aliphatic rings. The molecule has 3 fully saturated rings. The van der Waals surface area contributed by atoms with E-state index in [-0.39, 0.29) is 17.9 Å². The first-order valence-electron chi connectivity index (χ1n) is 7.46. The lowest BCUT2D eigenvalue weighted by atomic mass is 9.87. The molecule has 0 aromatic heterocycles. The topological polar surface area (TPSA) is 53.7 Å². The van der Waals surface area contributed by atoms with Crippen LogP contribution in [0.2, 0.25) is 0 Å². The van der Waals surface area contributed by atoms with Gasteiger partial charge in [-0.05, 0) is 19.3 Å². The summed E-state index contributed by atoms with van der Waals surface area (Å²) in [5, 5.41) is 0. The van der Waals surface area contributed by atoms with Gasteiger partial charge in [0.1, 0.15) is 0 Å². The number of hydrogen-bond acceptors (Lipinski definition) is 4. The van der Waals surface area contributed by atoms with E-state index < -0.39 is 0 Å². The Balaban J connectivity index is 1.58. The minimum Gasteiger partial charge on any atom is -0.373 e. The first kappa shape index (κ1) is 12.9. The standard InChI is InChI=1S/C14H25NO3/c15-12-6-7-14(16-8-9-17-14)10-13(12)18-11-4-2-1-3-5-11/h11-13H,1-10,15H2. The molecule has 4 nitrogen and oxygen atoms in total. The summed E-state index contributed by atoms with van der Waals surface area (Å²) in [7, 11) is 0. The molecule has 3 rings (SSSR count). The molecule has 2 atom stereocenters. The van der Waals surface area contributed by atoms with E-state index in [0.29, 0.717) is 19.3 Å². The predicted octanol–water partition coefficient (Wildman–Crippen LogP) is 1.96. The van der Waals surface area contributed by atoms with Gasteiger partial charge in [-0.3, -0.25) is 0 Å². The Morgan fingerprint density at radius 1 is 1.00 bits per heavy atom. The van der Waals surface area contributed by atoms with Gasteiger partial charge >= 0.3 is 0 Å². The van der Waals surface area contributed by atoms with Crippen LogP contribution in [0.5, 0.6) is 0 Å². The van der Waals surface area contributed by atoms with Crippen LogP contribution >= 0.6 is 0 Å². The fourth-order valence-electron chi connectivity index (χ4n) is 3.49. The van der Waals surface area contributed by atoms with Crippen molar-refractivity contribution in [3.63, 3.8) is 0 Å². The number of nitrogens with two attached hydrogens (primary N) is 1. The van der Waals surface area contributed by atoms with E-state index >= 15 is 0 Å². The molecule has 0 aromatic rings. The highest BCUT2D eigenvalue weighted by Gasteiger charge is 2.45. The highest BCUT2D eigenvalue weighted by Crippen LogP contribution is 2.37. The predicted molar refractivity (Wildman–Crippen MR) is 68.2 cm³/mol. The molecule has 2 N–H and O–H groups in total. The molecule has 2 saturated carbocycles. The molecule has 0 aromatic carbocycles. The molecular weight excluding hydrogens is 230 g/mol. The zero-order chi connectivity index (χ0) is 12.4. The largest absolute Gasteiger partial charge is 0.373 e.